The minimum atomic E-state index is -0.564. The van der Waals surface area contributed by atoms with Gasteiger partial charge in [-0.15, -0.1) is 0 Å². The fraction of sp³-hybridized carbons (Fsp3) is 0.294. The van der Waals surface area contributed by atoms with Crippen LogP contribution in [0.25, 0.3) is 22.3 Å². The average Bonchev–Trinajstić information content (AvgIpc) is 3.45. The van der Waals surface area contributed by atoms with Crippen molar-refractivity contribution in [3.8, 4) is 22.6 Å². The first-order valence-electron chi connectivity index (χ1n) is 19.5. The molecular formula is C51H56O4. The molecule has 2 unspecified atom stereocenters. The first kappa shape index (κ1) is 39.2. The second-order valence-electron chi connectivity index (χ2n) is 16.9. The van der Waals surface area contributed by atoms with Crippen molar-refractivity contribution in [3.05, 3.63) is 179 Å². The molecular weight excluding hydrogens is 677 g/mol. The van der Waals surface area contributed by atoms with Crippen molar-refractivity contribution in [1.29, 1.82) is 0 Å². The Hall–Kier alpha value is -5.48. The van der Waals surface area contributed by atoms with E-state index in [1.165, 1.54) is 0 Å². The van der Waals surface area contributed by atoms with E-state index >= 15 is 0 Å². The van der Waals surface area contributed by atoms with E-state index in [9.17, 15) is 20.4 Å². The van der Waals surface area contributed by atoms with Crippen LogP contribution in [0.2, 0.25) is 0 Å². The van der Waals surface area contributed by atoms with Gasteiger partial charge in [-0.25, -0.2) is 0 Å². The summed E-state index contributed by atoms with van der Waals surface area (Å²) in [5.74, 6) is 0.297. The van der Waals surface area contributed by atoms with Crippen LogP contribution >= 0.6 is 0 Å². The molecule has 4 N–H and O–H groups in total. The lowest BCUT2D eigenvalue weighted by atomic mass is 9.64. The van der Waals surface area contributed by atoms with E-state index in [4.69, 9.17) is 0 Å². The molecule has 4 aromatic carbocycles. The highest BCUT2D eigenvalue weighted by atomic mass is 16.3. The van der Waals surface area contributed by atoms with Gasteiger partial charge in [-0.1, -0.05) is 145 Å². The predicted octanol–water partition coefficient (Wildman–Crippen LogP) is 13.6. The molecule has 2 atom stereocenters. The van der Waals surface area contributed by atoms with E-state index in [0.29, 0.717) is 22.6 Å². The van der Waals surface area contributed by atoms with Crippen LogP contribution in [-0.2, 0) is 0 Å². The minimum Gasteiger partial charge on any atom is -0.511 e. The van der Waals surface area contributed by atoms with Gasteiger partial charge in [0.25, 0.3) is 0 Å². The second kappa shape index (κ2) is 15.0. The molecule has 4 heteroatoms. The molecule has 0 saturated carbocycles. The smallest absolute Gasteiger partial charge is 0.119 e. The topological polar surface area (TPSA) is 80.9 Å². The van der Waals surface area contributed by atoms with Crippen LogP contribution in [0.3, 0.4) is 0 Å². The van der Waals surface area contributed by atoms with Crippen LogP contribution in [0.1, 0.15) is 102 Å². The number of benzene rings is 4. The summed E-state index contributed by atoms with van der Waals surface area (Å²) < 4.78 is 0. The van der Waals surface area contributed by atoms with Crippen LogP contribution in [0.5, 0.6) is 11.5 Å². The van der Waals surface area contributed by atoms with E-state index in [0.717, 1.165) is 51.8 Å². The minimum absolute atomic E-state index is 0.109. The third-order valence-electron chi connectivity index (χ3n) is 13.4. The number of hydrogen-bond acceptors (Lipinski definition) is 4. The molecule has 0 saturated heterocycles. The van der Waals surface area contributed by atoms with Gasteiger partial charge in [-0.05, 0) is 113 Å². The first-order valence-corrected chi connectivity index (χ1v) is 19.5. The van der Waals surface area contributed by atoms with Crippen LogP contribution < -0.4 is 0 Å². The molecule has 0 aliphatic heterocycles. The van der Waals surface area contributed by atoms with Gasteiger partial charge < -0.3 is 20.4 Å². The Morgan fingerprint density at radius 3 is 1.33 bits per heavy atom. The molecule has 0 bridgehead atoms. The zero-order chi connectivity index (χ0) is 39.8. The molecule has 0 amide bonds. The number of rotatable bonds is 10. The van der Waals surface area contributed by atoms with Crippen molar-refractivity contribution in [2.75, 3.05) is 0 Å². The molecule has 0 fully saturated rings. The van der Waals surface area contributed by atoms with Gasteiger partial charge in [0.1, 0.15) is 23.0 Å². The summed E-state index contributed by atoms with van der Waals surface area (Å²) in [6.45, 7) is 17.1. The highest BCUT2D eigenvalue weighted by Crippen LogP contribution is 2.51. The monoisotopic (exact) mass is 732 g/mol. The van der Waals surface area contributed by atoms with Crippen LogP contribution in [0.15, 0.2) is 151 Å². The largest absolute Gasteiger partial charge is 0.511 e. The fourth-order valence-electron chi connectivity index (χ4n) is 7.70. The Kier molecular flexibility index (Phi) is 10.7. The van der Waals surface area contributed by atoms with Gasteiger partial charge >= 0.3 is 0 Å². The van der Waals surface area contributed by atoms with E-state index in [1.807, 2.05) is 54.6 Å². The van der Waals surface area contributed by atoms with Crippen molar-refractivity contribution in [3.63, 3.8) is 0 Å². The Morgan fingerprint density at radius 1 is 0.509 bits per heavy atom. The Bertz CT molecular complexity index is 2120. The fourth-order valence-corrected chi connectivity index (χ4v) is 7.70. The van der Waals surface area contributed by atoms with Crippen molar-refractivity contribution in [2.24, 2.45) is 21.7 Å². The third kappa shape index (κ3) is 7.23. The van der Waals surface area contributed by atoms with Crippen LogP contribution in [0, 0.1) is 21.7 Å². The summed E-state index contributed by atoms with van der Waals surface area (Å²) in [6.07, 6.45) is 17.5. The molecule has 4 aromatic rings. The standard InChI is InChI=1S/C51H56O4/c1-9-48(3,4)50(7)30-28-36(22-26-45(50)54)39-20-24-43(52)41(32-39)47(38-18-16-35(17-19-38)34-14-12-11-13-15-34)42-33-40(21-25-44(42)53)37-23-27-46(55)51(8,31-29-37)49(5,6)10-2/h11-33,47,52-55H,9-10H2,1-8H3. The maximum absolute atomic E-state index is 11.7. The highest BCUT2D eigenvalue weighted by Gasteiger charge is 2.42. The summed E-state index contributed by atoms with van der Waals surface area (Å²) in [6, 6.07) is 29.7. The van der Waals surface area contributed by atoms with E-state index in [2.05, 4.69) is 116 Å². The zero-order valence-electron chi connectivity index (χ0n) is 33.6. The third-order valence-corrected chi connectivity index (χ3v) is 13.4. The molecule has 0 aromatic heterocycles. The SMILES string of the molecule is CCC(C)(C)C1(C)C=CC(c2ccc(O)c(C(c3ccc(-c4ccccc4)cc3)c3cc(C4=CC=C(O)C(C)(C(C)(C)CC)C=C4)ccc3O)c2)=CC=C1O. The maximum Gasteiger partial charge on any atom is 0.119 e. The van der Waals surface area contributed by atoms with Crippen molar-refractivity contribution in [2.45, 2.75) is 74.1 Å². The molecule has 55 heavy (non-hydrogen) atoms. The van der Waals surface area contributed by atoms with Gasteiger partial charge in [-0.2, -0.15) is 0 Å². The van der Waals surface area contributed by atoms with Crippen molar-refractivity contribution < 1.29 is 20.4 Å². The molecule has 6 rings (SSSR count). The molecule has 0 heterocycles. The lowest BCUT2D eigenvalue weighted by molar-refractivity contribution is 0.120. The number of aliphatic hydroxyl groups excluding tert-OH is 2. The number of hydrogen-bond donors (Lipinski definition) is 4. The Morgan fingerprint density at radius 2 is 0.909 bits per heavy atom. The maximum atomic E-state index is 11.7. The molecule has 284 valence electrons. The van der Waals surface area contributed by atoms with E-state index in [1.54, 1.807) is 24.3 Å². The summed E-state index contributed by atoms with van der Waals surface area (Å²) in [5.41, 5.74) is 6.40. The number of allylic oxidation sites excluding steroid dienone is 10. The Balaban J connectivity index is 1.50. The lowest BCUT2D eigenvalue weighted by Crippen LogP contribution is -2.34. The lowest BCUT2D eigenvalue weighted by Gasteiger charge is -2.41. The van der Waals surface area contributed by atoms with Crippen molar-refractivity contribution >= 4 is 11.1 Å². The second-order valence-corrected chi connectivity index (χ2v) is 16.9. The van der Waals surface area contributed by atoms with Crippen LogP contribution in [0.4, 0.5) is 0 Å². The molecule has 0 spiro atoms. The average molecular weight is 733 g/mol. The van der Waals surface area contributed by atoms with Gasteiger partial charge in [0.2, 0.25) is 0 Å². The highest BCUT2D eigenvalue weighted by molar-refractivity contribution is 5.79. The molecule has 2 aliphatic carbocycles. The number of phenolic OH excluding ortho intramolecular Hbond substituents is 2. The van der Waals surface area contributed by atoms with E-state index in [-0.39, 0.29) is 22.3 Å². The first-order chi connectivity index (χ1) is 26.0. The number of phenols is 2. The number of aromatic hydroxyl groups is 2. The predicted molar refractivity (Wildman–Crippen MR) is 229 cm³/mol. The van der Waals surface area contributed by atoms with Gasteiger partial charge in [0, 0.05) is 27.9 Å². The van der Waals surface area contributed by atoms with Gasteiger partial charge in [0.05, 0.1) is 0 Å². The molecule has 2 aliphatic rings. The van der Waals surface area contributed by atoms with Gasteiger partial charge in [0.15, 0.2) is 0 Å². The Labute approximate surface area is 327 Å². The number of aliphatic hydroxyl groups is 2. The quantitative estimate of drug-likeness (QED) is 0.122. The summed E-state index contributed by atoms with van der Waals surface area (Å²) >= 11 is 0. The van der Waals surface area contributed by atoms with Crippen molar-refractivity contribution in [1.82, 2.24) is 0 Å². The summed E-state index contributed by atoms with van der Waals surface area (Å²) in [5, 5.41) is 45.9. The molecule has 4 nitrogen and oxygen atoms in total. The zero-order valence-corrected chi connectivity index (χ0v) is 33.6. The van der Waals surface area contributed by atoms with Crippen LogP contribution in [-0.4, -0.2) is 20.4 Å². The van der Waals surface area contributed by atoms with Gasteiger partial charge in [-0.3, -0.25) is 0 Å². The normalized spacial score (nSPS) is 20.8. The van der Waals surface area contributed by atoms with E-state index < -0.39 is 16.7 Å². The summed E-state index contributed by atoms with van der Waals surface area (Å²) in [4.78, 5) is 0. The molecule has 0 radical (unpaired) electrons. The summed E-state index contributed by atoms with van der Waals surface area (Å²) in [7, 11) is 0.